The van der Waals surface area contributed by atoms with E-state index in [1.807, 2.05) is 12.1 Å². The summed E-state index contributed by atoms with van der Waals surface area (Å²) in [7, 11) is 1.72. The van der Waals surface area contributed by atoms with Gasteiger partial charge < -0.3 is 4.74 Å². The highest BCUT2D eigenvalue weighted by Crippen LogP contribution is 2.39. The summed E-state index contributed by atoms with van der Waals surface area (Å²) in [6, 6.07) is 20.0. The smallest absolute Gasteiger partial charge is 0.127 e. The topological polar surface area (TPSA) is 9.23 Å². The lowest BCUT2D eigenvalue weighted by molar-refractivity contribution is 0.420. The fourth-order valence-electron chi connectivity index (χ4n) is 2.83. The first-order valence-electron chi connectivity index (χ1n) is 6.00. The van der Waals surface area contributed by atoms with Crippen molar-refractivity contribution in [2.75, 3.05) is 7.11 Å². The molecule has 0 heterocycles. The van der Waals surface area contributed by atoms with E-state index in [0.717, 1.165) is 5.75 Å². The number of benzene rings is 4. The normalized spacial score (nSPS) is 11.6. The molecule has 4 aromatic rings. The molecule has 0 atom stereocenters. The van der Waals surface area contributed by atoms with Gasteiger partial charge in [0.1, 0.15) is 5.75 Å². The van der Waals surface area contributed by atoms with Crippen LogP contribution in [-0.4, -0.2) is 7.11 Å². The van der Waals surface area contributed by atoms with E-state index in [0.29, 0.717) is 0 Å². The first kappa shape index (κ1) is 9.72. The molecule has 0 unspecified atom stereocenters. The zero-order valence-electron chi connectivity index (χ0n) is 10.0. The van der Waals surface area contributed by atoms with E-state index in [1.165, 1.54) is 32.3 Å². The molecular formula is C17H11O. The Hall–Kier alpha value is -2.28. The van der Waals surface area contributed by atoms with Crippen LogP contribution in [0.5, 0.6) is 5.75 Å². The maximum absolute atomic E-state index is 5.52. The van der Waals surface area contributed by atoms with Gasteiger partial charge in [-0.15, -0.1) is 0 Å². The van der Waals surface area contributed by atoms with Crippen molar-refractivity contribution in [1.82, 2.24) is 0 Å². The molecule has 0 aliphatic rings. The van der Waals surface area contributed by atoms with E-state index in [9.17, 15) is 0 Å². The number of rotatable bonds is 1. The van der Waals surface area contributed by atoms with E-state index in [2.05, 4.69) is 42.5 Å². The highest BCUT2D eigenvalue weighted by molar-refractivity contribution is 6.24. The lowest BCUT2D eigenvalue weighted by Crippen LogP contribution is -1.88. The Bertz CT molecular complexity index is 861. The van der Waals surface area contributed by atoms with Crippen LogP contribution in [0.1, 0.15) is 0 Å². The fraction of sp³-hybridized carbons (Fsp3) is 0.0588. The summed E-state index contributed by atoms with van der Waals surface area (Å²) >= 11 is 0. The van der Waals surface area contributed by atoms with Crippen LogP contribution in [0, 0.1) is 6.07 Å². The third-order valence-corrected chi connectivity index (χ3v) is 3.62. The molecule has 0 spiro atoms. The largest absolute Gasteiger partial charge is 0.496 e. The third-order valence-electron chi connectivity index (χ3n) is 3.62. The molecule has 0 bridgehead atoms. The molecule has 0 aliphatic carbocycles. The minimum absolute atomic E-state index is 0.931. The van der Waals surface area contributed by atoms with Gasteiger partial charge in [-0.1, -0.05) is 30.3 Å². The van der Waals surface area contributed by atoms with Crippen molar-refractivity contribution < 1.29 is 4.74 Å². The van der Waals surface area contributed by atoms with Gasteiger partial charge in [-0.2, -0.15) is 0 Å². The number of hydrogen-bond donors (Lipinski definition) is 0. The van der Waals surface area contributed by atoms with E-state index < -0.39 is 0 Å². The highest BCUT2D eigenvalue weighted by Gasteiger charge is 2.11. The van der Waals surface area contributed by atoms with Gasteiger partial charge in [-0.25, -0.2) is 0 Å². The van der Waals surface area contributed by atoms with Gasteiger partial charge >= 0.3 is 0 Å². The van der Waals surface area contributed by atoms with Crippen molar-refractivity contribution in [2.45, 2.75) is 0 Å². The standard InChI is InChI=1S/C17H11O/c1-18-15-10-13-6-2-4-11-8-9-12-5-3-7-14(15)17(12)16(11)13/h3-10H,1H3. The molecule has 0 amide bonds. The van der Waals surface area contributed by atoms with Crippen LogP contribution in [0.4, 0.5) is 0 Å². The summed E-state index contributed by atoms with van der Waals surface area (Å²) < 4.78 is 5.52. The second-order valence-corrected chi connectivity index (χ2v) is 4.56. The highest BCUT2D eigenvalue weighted by atomic mass is 16.5. The number of hydrogen-bond acceptors (Lipinski definition) is 1. The predicted molar refractivity (Wildman–Crippen MR) is 75.5 cm³/mol. The Morgan fingerprint density at radius 1 is 0.889 bits per heavy atom. The minimum Gasteiger partial charge on any atom is -0.496 e. The molecule has 4 rings (SSSR count). The van der Waals surface area contributed by atoms with Crippen LogP contribution >= 0.6 is 0 Å². The molecule has 85 valence electrons. The monoisotopic (exact) mass is 231 g/mol. The third kappa shape index (κ3) is 1.11. The minimum atomic E-state index is 0.931. The van der Waals surface area contributed by atoms with Crippen molar-refractivity contribution in [1.29, 1.82) is 0 Å². The van der Waals surface area contributed by atoms with Crippen LogP contribution in [-0.2, 0) is 0 Å². The second-order valence-electron chi connectivity index (χ2n) is 4.56. The zero-order chi connectivity index (χ0) is 12.1. The van der Waals surface area contributed by atoms with Crippen LogP contribution in [0.15, 0.2) is 48.5 Å². The van der Waals surface area contributed by atoms with Gasteiger partial charge in [0.2, 0.25) is 0 Å². The molecule has 0 aliphatic heterocycles. The van der Waals surface area contributed by atoms with E-state index in [1.54, 1.807) is 7.11 Å². The van der Waals surface area contributed by atoms with Crippen molar-refractivity contribution in [3.63, 3.8) is 0 Å². The summed E-state index contributed by atoms with van der Waals surface area (Å²) in [6.07, 6.45) is 0. The zero-order valence-corrected chi connectivity index (χ0v) is 10.0. The maximum atomic E-state index is 5.52. The maximum Gasteiger partial charge on any atom is 0.127 e. The summed E-state index contributed by atoms with van der Waals surface area (Å²) in [5.74, 6) is 0.931. The van der Waals surface area contributed by atoms with Gasteiger partial charge in [-0.3, -0.25) is 0 Å². The molecule has 1 heteroatoms. The first-order valence-corrected chi connectivity index (χ1v) is 6.00. The van der Waals surface area contributed by atoms with Crippen LogP contribution in [0.2, 0.25) is 0 Å². The van der Waals surface area contributed by atoms with Gasteiger partial charge in [0.05, 0.1) is 7.11 Å². The first-order chi connectivity index (χ1) is 8.88. The number of methoxy groups -OCH3 is 1. The SMILES string of the molecule is COc1cc2c[c]cc3ccc4cccc1c4c32. The van der Waals surface area contributed by atoms with Gasteiger partial charge in [-0.05, 0) is 45.8 Å². The molecule has 1 nitrogen and oxygen atoms in total. The molecule has 4 aromatic carbocycles. The van der Waals surface area contributed by atoms with E-state index >= 15 is 0 Å². The van der Waals surface area contributed by atoms with Gasteiger partial charge in [0.15, 0.2) is 0 Å². The summed E-state index contributed by atoms with van der Waals surface area (Å²) in [6.45, 7) is 0. The lowest BCUT2D eigenvalue weighted by Gasteiger charge is -2.13. The molecule has 0 fully saturated rings. The Morgan fingerprint density at radius 3 is 2.61 bits per heavy atom. The van der Waals surface area contributed by atoms with Crippen molar-refractivity contribution in [2.24, 2.45) is 0 Å². The summed E-state index contributed by atoms with van der Waals surface area (Å²) in [5, 5.41) is 7.46. The molecule has 0 aromatic heterocycles. The summed E-state index contributed by atoms with van der Waals surface area (Å²) in [4.78, 5) is 0. The Balaban J connectivity index is 2.43. The van der Waals surface area contributed by atoms with Crippen LogP contribution in [0.3, 0.4) is 0 Å². The molecular weight excluding hydrogens is 220 g/mol. The van der Waals surface area contributed by atoms with Gasteiger partial charge in [0.25, 0.3) is 0 Å². The molecule has 1 radical (unpaired) electrons. The Morgan fingerprint density at radius 2 is 1.72 bits per heavy atom. The van der Waals surface area contributed by atoms with Crippen LogP contribution < -0.4 is 4.74 Å². The second kappa shape index (κ2) is 3.36. The van der Waals surface area contributed by atoms with Gasteiger partial charge in [0, 0.05) is 10.8 Å². The fourth-order valence-corrected chi connectivity index (χ4v) is 2.83. The molecule has 0 saturated heterocycles. The van der Waals surface area contributed by atoms with Crippen molar-refractivity contribution in [3.8, 4) is 5.75 Å². The molecule has 0 saturated carbocycles. The van der Waals surface area contributed by atoms with E-state index in [-0.39, 0.29) is 0 Å². The van der Waals surface area contributed by atoms with Crippen molar-refractivity contribution in [3.05, 3.63) is 54.6 Å². The van der Waals surface area contributed by atoms with Crippen molar-refractivity contribution >= 4 is 32.3 Å². The average Bonchev–Trinajstić information content (AvgIpc) is 2.44. The van der Waals surface area contributed by atoms with Crippen LogP contribution in [0.25, 0.3) is 32.3 Å². The molecule has 18 heavy (non-hydrogen) atoms. The number of ether oxygens (including phenoxy) is 1. The average molecular weight is 231 g/mol. The predicted octanol–water partition coefficient (Wildman–Crippen LogP) is 4.39. The quantitative estimate of drug-likeness (QED) is 0.441. The Kier molecular flexibility index (Phi) is 1.81. The summed E-state index contributed by atoms with van der Waals surface area (Å²) in [5.41, 5.74) is 0. The molecule has 0 N–H and O–H groups in total. The Labute approximate surface area is 105 Å². The lowest BCUT2D eigenvalue weighted by atomic mass is 9.94. The van der Waals surface area contributed by atoms with E-state index in [4.69, 9.17) is 4.74 Å².